The van der Waals surface area contributed by atoms with Gasteiger partial charge in [-0.1, -0.05) is 0 Å². The molecule has 0 amide bonds. The molecule has 0 aromatic heterocycles. The van der Waals surface area contributed by atoms with Gasteiger partial charge in [0.05, 0.1) is 0 Å². The molecular weight excluding hydrogens is 136 g/mol. The van der Waals surface area contributed by atoms with E-state index in [1.54, 1.807) is 0 Å². The molecule has 0 bridgehead atoms. The van der Waals surface area contributed by atoms with Gasteiger partial charge in [-0.15, -0.1) is 0 Å². The standard InChI is InChI=1S/C6H2O4/c7-5-1-3-4(10-5)2-9-6(3)8/h1-2H. The van der Waals surface area contributed by atoms with Crippen molar-refractivity contribution in [3.05, 3.63) is 23.7 Å². The van der Waals surface area contributed by atoms with E-state index in [0.29, 0.717) is 0 Å². The molecule has 50 valence electrons. The molecule has 4 heteroatoms. The quantitative estimate of drug-likeness (QED) is 0.437. The van der Waals surface area contributed by atoms with Crippen LogP contribution in [-0.2, 0) is 19.1 Å². The van der Waals surface area contributed by atoms with Gasteiger partial charge < -0.3 is 9.47 Å². The zero-order valence-electron chi connectivity index (χ0n) is 4.79. The predicted octanol–water partition coefficient (Wildman–Crippen LogP) is -0.132. The first-order chi connectivity index (χ1) is 4.77. The molecule has 2 heterocycles. The van der Waals surface area contributed by atoms with Gasteiger partial charge >= 0.3 is 11.9 Å². The first-order valence-corrected chi connectivity index (χ1v) is 2.62. The average Bonchev–Trinajstić information content (AvgIpc) is 2.35. The maximum absolute atomic E-state index is 10.6. The third-order valence-electron chi connectivity index (χ3n) is 1.23. The summed E-state index contributed by atoms with van der Waals surface area (Å²) in [6, 6.07) is 0. The maximum atomic E-state index is 10.6. The van der Waals surface area contributed by atoms with Crippen LogP contribution < -0.4 is 0 Å². The molecule has 0 spiro atoms. The van der Waals surface area contributed by atoms with Gasteiger partial charge in [-0.25, -0.2) is 9.59 Å². The number of esters is 2. The Bertz CT molecular complexity index is 284. The summed E-state index contributed by atoms with van der Waals surface area (Å²) < 4.78 is 8.96. The van der Waals surface area contributed by atoms with Crippen LogP contribution in [0.2, 0.25) is 0 Å². The lowest BCUT2D eigenvalue weighted by Crippen LogP contribution is -1.94. The molecule has 0 saturated heterocycles. The van der Waals surface area contributed by atoms with Gasteiger partial charge in [0.15, 0.2) is 5.76 Å². The van der Waals surface area contributed by atoms with Crippen LogP contribution in [0, 0.1) is 0 Å². The molecule has 4 nitrogen and oxygen atoms in total. The molecule has 0 atom stereocenters. The molecule has 2 rings (SSSR count). The van der Waals surface area contributed by atoms with Crippen molar-refractivity contribution in [1.82, 2.24) is 0 Å². The van der Waals surface area contributed by atoms with Crippen LogP contribution in [0.5, 0.6) is 0 Å². The molecule has 0 fully saturated rings. The highest BCUT2D eigenvalue weighted by molar-refractivity contribution is 6.05. The molecule has 0 unspecified atom stereocenters. The maximum Gasteiger partial charge on any atom is 0.347 e. The molecule has 0 aromatic carbocycles. The summed E-state index contributed by atoms with van der Waals surface area (Å²) >= 11 is 0. The Hall–Kier alpha value is -1.58. The van der Waals surface area contributed by atoms with Gasteiger partial charge in [0.25, 0.3) is 0 Å². The minimum atomic E-state index is -0.527. The largest absolute Gasteiger partial charge is 0.427 e. The SMILES string of the molecule is O=C1C=C2C(=O)OC=C2O1. The Labute approximate surface area is 55.7 Å². The second kappa shape index (κ2) is 1.47. The molecule has 2 aliphatic heterocycles. The second-order valence-corrected chi connectivity index (χ2v) is 1.87. The number of carbonyl (C=O) groups is 2. The van der Waals surface area contributed by atoms with Gasteiger partial charge in [0, 0.05) is 6.08 Å². The van der Waals surface area contributed by atoms with E-state index in [9.17, 15) is 9.59 Å². The van der Waals surface area contributed by atoms with E-state index in [2.05, 4.69) is 9.47 Å². The van der Waals surface area contributed by atoms with E-state index < -0.39 is 11.9 Å². The van der Waals surface area contributed by atoms with Crippen molar-refractivity contribution in [3.8, 4) is 0 Å². The predicted molar refractivity (Wildman–Crippen MR) is 28.3 cm³/mol. The smallest absolute Gasteiger partial charge is 0.347 e. The molecule has 0 N–H and O–H groups in total. The Balaban J connectivity index is 2.48. The van der Waals surface area contributed by atoms with E-state index in [-0.39, 0.29) is 11.3 Å². The zero-order chi connectivity index (χ0) is 7.14. The first kappa shape index (κ1) is 5.22. The third kappa shape index (κ3) is 0.500. The van der Waals surface area contributed by atoms with Crippen LogP contribution in [0.3, 0.4) is 0 Å². The van der Waals surface area contributed by atoms with E-state index in [1.807, 2.05) is 0 Å². The first-order valence-electron chi connectivity index (χ1n) is 2.62. The van der Waals surface area contributed by atoms with Crippen LogP contribution >= 0.6 is 0 Å². The number of hydrogen-bond acceptors (Lipinski definition) is 4. The molecule has 2 aliphatic rings. The van der Waals surface area contributed by atoms with Crippen molar-refractivity contribution in [2.45, 2.75) is 0 Å². The van der Waals surface area contributed by atoms with Gasteiger partial charge in [-0.05, 0) is 0 Å². The minimum Gasteiger partial charge on any atom is -0.427 e. The number of carbonyl (C=O) groups excluding carboxylic acids is 2. The van der Waals surface area contributed by atoms with Gasteiger partial charge in [-0.2, -0.15) is 0 Å². The monoisotopic (exact) mass is 138 g/mol. The van der Waals surface area contributed by atoms with E-state index in [4.69, 9.17) is 0 Å². The normalized spacial score (nSPS) is 21.2. The van der Waals surface area contributed by atoms with Crippen LogP contribution in [0.1, 0.15) is 0 Å². The van der Waals surface area contributed by atoms with Gasteiger partial charge in [0.2, 0.25) is 0 Å². The van der Waals surface area contributed by atoms with Crippen molar-refractivity contribution < 1.29 is 19.1 Å². The minimum absolute atomic E-state index is 0.213. The lowest BCUT2D eigenvalue weighted by Gasteiger charge is -1.86. The topological polar surface area (TPSA) is 52.6 Å². The van der Waals surface area contributed by atoms with Crippen LogP contribution in [0.15, 0.2) is 23.7 Å². The van der Waals surface area contributed by atoms with Crippen molar-refractivity contribution in [1.29, 1.82) is 0 Å². The number of cyclic esters (lactones) is 1. The Kier molecular flexibility index (Phi) is 0.768. The Morgan fingerprint density at radius 2 is 2.10 bits per heavy atom. The summed E-state index contributed by atoms with van der Waals surface area (Å²) in [7, 11) is 0. The number of rotatable bonds is 0. The van der Waals surface area contributed by atoms with E-state index >= 15 is 0 Å². The third-order valence-corrected chi connectivity index (χ3v) is 1.23. The lowest BCUT2D eigenvalue weighted by molar-refractivity contribution is -0.134. The zero-order valence-corrected chi connectivity index (χ0v) is 4.79. The van der Waals surface area contributed by atoms with Crippen molar-refractivity contribution in [2.24, 2.45) is 0 Å². The molecule has 0 saturated carbocycles. The highest BCUT2D eigenvalue weighted by Gasteiger charge is 2.32. The lowest BCUT2D eigenvalue weighted by atomic mass is 10.3. The fraction of sp³-hybridized carbons (Fsp3) is 0. The van der Waals surface area contributed by atoms with E-state index in [1.165, 1.54) is 0 Å². The van der Waals surface area contributed by atoms with E-state index in [0.717, 1.165) is 12.3 Å². The molecular formula is C6H2O4. The summed E-state index contributed by atoms with van der Waals surface area (Å²) in [5.41, 5.74) is 0.213. The summed E-state index contributed by atoms with van der Waals surface area (Å²) in [6.07, 6.45) is 2.24. The van der Waals surface area contributed by atoms with Crippen molar-refractivity contribution in [3.63, 3.8) is 0 Å². The fourth-order valence-electron chi connectivity index (χ4n) is 0.799. The second-order valence-electron chi connectivity index (χ2n) is 1.87. The average molecular weight is 138 g/mol. The number of hydrogen-bond donors (Lipinski definition) is 0. The van der Waals surface area contributed by atoms with Crippen LogP contribution in [0.4, 0.5) is 0 Å². The van der Waals surface area contributed by atoms with Crippen LogP contribution in [0.25, 0.3) is 0 Å². The molecule has 0 aliphatic carbocycles. The summed E-state index contributed by atoms with van der Waals surface area (Å²) in [5.74, 6) is -0.825. The molecule has 10 heavy (non-hydrogen) atoms. The Morgan fingerprint density at radius 3 is 2.80 bits per heavy atom. The molecule has 0 aromatic rings. The highest BCUT2D eigenvalue weighted by atomic mass is 16.6. The Morgan fingerprint density at radius 1 is 1.30 bits per heavy atom. The molecule has 0 radical (unpaired) electrons. The summed E-state index contributed by atoms with van der Waals surface area (Å²) in [4.78, 5) is 21.1. The van der Waals surface area contributed by atoms with Crippen LogP contribution in [-0.4, -0.2) is 11.9 Å². The fourth-order valence-corrected chi connectivity index (χ4v) is 0.799. The van der Waals surface area contributed by atoms with Gasteiger partial charge in [0.1, 0.15) is 11.8 Å². The van der Waals surface area contributed by atoms with Crippen molar-refractivity contribution >= 4 is 11.9 Å². The summed E-state index contributed by atoms with van der Waals surface area (Å²) in [6.45, 7) is 0. The number of ether oxygens (including phenoxy) is 2. The van der Waals surface area contributed by atoms with Crippen molar-refractivity contribution in [2.75, 3.05) is 0 Å². The summed E-state index contributed by atoms with van der Waals surface area (Å²) in [5, 5.41) is 0. The van der Waals surface area contributed by atoms with Gasteiger partial charge in [-0.3, -0.25) is 0 Å². The highest BCUT2D eigenvalue weighted by Crippen LogP contribution is 2.25. The number of fused-ring (bicyclic) bond motifs is 1.